The quantitative estimate of drug-likeness (QED) is 0.816. The fourth-order valence-electron chi connectivity index (χ4n) is 2.88. The molecular formula is C19H19N3O5. The molecule has 2 heterocycles. The van der Waals surface area contributed by atoms with Gasteiger partial charge in [0.15, 0.2) is 6.61 Å². The van der Waals surface area contributed by atoms with E-state index in [1.807, 2.05) is 0 Å². The molecule has 8 nitrogen and oxygen atoms in total. The Labute approximate surface area is 155 Å². The van der Waals surface area contributed by atoms with Crippen molar-refractivity contribution in [1.29, 1.82) is 0 Å². The van der Waals surface area contributed by atoms with E-state index in [2.05, 4.69) is 5.32 Å². The number of amides is 2. The Kier molecular flexibility index (Phi) is 4.81. The molecule has 2 amide bonds. The number of carbonyl (C=O) groups is 3. The average molecular weight is 369 g/mol. The van der Waals surface area contributed by atoms with Gasteiger partial charge in [0, 0.05) is 12.3 Å². The van der Waals surface area contributed by atoms with Crippen molar-refractivity contribution in [1.82, 2.24) is 4.57 Å². The van der Waals surface area contributed by atoms with E-state index in [9.17, 15) is 19.2 Å². The van der Waals surface area contributed by atoms with Gasteiger partial charge in [-0.05, 0) is 32.0 Å². The summed E-state index contributed by atoms with van der Waals surface area (Å²) in [4.78, 5) is 50.1. The second-order valence-corrected chi connectivity index (χ2v) is 6.59. The molecule has 0 aliphatic carbocycles. The first-order valence-electron chi connectivity index (χ1n) is 8.35. The predicted molar refractivity (Wildman–Crippen MR) is 98.3 cm³/mol. The molecule has 0 saturated heterocycles. The first-order valence-corrected chi connectivity index (χ1v) is 8.35. The summed E-state index contributed by atoms with van der Waals surface area (Å²) in [6, 6.07) is 11.4. The van der Waals surface area contributed by atoms with E-state index < -0.39 is 24.0 Å². The summed E-state index contributed by atoms with van der Waals surface area (Å²) in [5.74, 6) is -1.59. The zero-order chi connectivity index (χ0) is 19.6. The van der Waals surface area contributed by atoms with Crippen LogP contribution in [0.25, 0.3) is 0 Å². The Morgan fingerprint density at radius 3 is 2.52 bits per heavy atom. The summed E-state index contributed by atoms with van der Waals surface area (Å²) in [6.07, 6.45) is 1.46. The maximum absolute atomic E-state index is 12.7. The zero-order valence-corrected chi connectivity index (χ0v) is 15.0. The molecule has 1 aliphatic heterocycles. The van der Waals surface area contributed by atoms with Gasteiger partial charge in [0.25, 0.3) is 11.5 Å². The minimum atomic E-state index is -1.14. The normalized spacial score (nSPS) is 14.9. The van der Waals surface area contributed by atoms with Crippen LogP contribution in [-0.4, -0.2) is 34.5 Å². The van der Waals surface area contributed by atoms with Crippen molar-refractivity contribution in [2.75, 3.05) is 16.8 Å². The zero-order valence-electron chi connectivity index (χ0n) is 15.0. The second-order valence-electron chi connectivity index (χ2n) is 6.59. The summed E-state index contributed by atoms with van der Waals surface area (Å²) in [5, 5.41) is 2.76. The molecule has 140 valence electrons. The highest BCUT2D eigenvalue weighted by Crippen LogP contribution is 2.36. The van der Waals surface area contributed by atoms with Gasteiger partial charge >= 0.3 is 5.97 Å². The lowest BCUT2D eigenvalue weighted by molar-refractivity contribution is -0.148. The SMILES string of the molecule is CC1(C)C(=O)Nc2ccccc2N1C(=O)COC(=O)Cn1ccccc1=O. The summed E-state index contributed by atoms with van der Waals surface area (Å²) >= 11 is 0. The van der Waals surface area contributed by atoms with E-state index in [0.29, 0.717) is 11.4 Å². The molecule has 27 heavy (non-hydrogen) atoms. The lowest BCUT2D eigenvalue weighted by atomic mass is 9.96. The van der Waals surface area contributed by atoms with Crippen molar-refractivity contribution in [3.05, 3.63) is 59.0 Å². The Hall–Kier alpha value is -3.42. The van der Waals surface area contributed by atoms with Gasteiger partial charge in [0.2, 0.25) is 5.91 Å². The highest BCUT2D eigenvalue weighted by molar-refractivity contribution is 6.14. The number of nitrogens with one attached hydrogen (secondary N) is 1. The van der Waals surface area contributed by atoms with E-state index in [1.54, 1.807) is 50.2 Å². The average Bonchev–Trinajstić information content (AvgIpc) is 2.62. The fourth-order valence-corrected chi connectivity index (χ4v) is 2.88. The third-order valence-corrected chi connectivity index (χ3v) is 4.31. The third-order valence-electron chi connectivity index (χ3n) is 4.31. The van der Waals surface area contributed by atoms with Gasteiger partial charge in [-0.2, -0.15) is 0 Å². The Bertz CT molecular complexity index is 964. The molecule has 1 N–H and O–H groups in total. The molecular weight excluding hydrogens is 350 g/mol. The fraction of sp³-hybridized carbons (Fsp3) is 0.263. The maximum atomic E-state index is 12.7. The number of anilines is 2. The number of hydrogen-bond donors (Lipinski definition) is 1. The smallest absolute Gasteiger partial charge is 0.326 e. The standard InChI is InChI=1S/C19H19N3O5/c1-19(2)18(26)20-13-7-3-4-8-14(13)22(19)16(24)12-27-17(25)11-21-10-6-5-9-15(21)23/h3-10H,11-12H2,1-2H3,(H,20,26). The molecule has 0 fully saturated rings. The lowest BCUT2D eigenvalue weighted by Gasteiger charge is -2.41. The van der Waals surface area contributed by atoms with E-state index >= 15 is 0 Å². The molecule has 2 aromatic rings. The van der Waals surface area contributed by atoms with Crippen LogP contribution in [0.3, 0.4) is 0 Å². The van der Waals surface area contributed by atoms with Crippen molar-refractivity contribution in [3.63, 3.8) is 0 Å². The van der Waals surface area contributed by atoms with Crippen molar-refractivity contribution >= 4 is 29.2 Å². The first kappa shape index (κ1) is 18.4. The van der Waals surface area contributed by atoms with Crippen LogP contribution in [0.4, 0.5) is 11.4 Å². The predicted octanol–water partition coefficient (Wildman–Crippen LogP) is 1.16. The number of carbonyl (C=O) groups excluding carboxylic acids is 3. The number of hydrogen-bond acceptors (Lipinski definition) is 5. The summed E-state index contributed by atoms with van der Waals surface area (Å²) in [7, 11) is 0. The van der Waals surface area contributed by atoms with Crippen molar-refractivity contribution in [3.8, 4) is 0 Å². The van der Waals surface area contributed by atoms with Crippen LogP contribution in [-0.2, 0) is 25.7 Å². The number of para-hydroxylation sites is 2. The summed E-state index contributed by atoms with van der Waals surface area (Å²) in [6.45, 7) is 2.39. The van der Waals surface area contributed by atoms with Crippen molar-refractivity contribution in [2.24, 2.45) is 0 Å². The number of esters is 1. The topological polar surface area (TPSA) is 97.7 Å². The summed E-state index contributed by atoms with van der Waals surface area (Å²) in [5.41, 5.74) is -0.447. The third kappa shape index (κ3) is 3.59. The molecule has 1 aromatic heterocycles. The van der Waals surface area contributed by atoms with Crippen molar-refractivity contribution in [2.45, 2.75) is 25.9 Å². The van der Waals surface area contributed by atoms with E-state index in [4.69, 9.17) is 4.74 Å². The second kappa shape index (κ2) is 7.06. The van der Waals surface area contributed by atoms with E-state index in [-0.39, 0.29) is 18.0 Å². The molecule has 0 saturated carbocycles. The van der Waals surface area contributed by atoms with Gasteiger partial charge in [0.1, 0.15) is 12.1 Å². The van der Waals surface area contributed by atoms with Crippen LogP contribution in [0.2, 0.25) is 0 Å². The largest absolute Gasteiger partial charge is 0.454 e. The number of nitrogens with zero attached hydrogens (tertiary/aromatic N) is 2. The van der Waals surface area contributed by atoms with Crippen LogP contribution in [0.1, 0.15) is 13.8 Å². The van der Waals surface area contributed by atoms with Crippen LogP contribution in [0.15, 0.2) is 53.5 Å². The number of pyridine rings is 1. The molecule has 1 aromatic carbocycles. The molecule has 0 bridgehead atoms. The minimum Gasteiger partial charge on any atom is -0.454 e. The van der Waals surface area contributed by atoms with Gasteiger partial charge in [0.05, 0.1) is 11.4 Å². The van der Waals surface area contributed by atoms with Crippen molar-refractivity contribution < 1.29 is 19.1 Å². The highest BCUT2D eigenvalue weighted by atomic mass is 16.5. The molecule has 0 atom stereocenters. The molecule has 0 spiro atoms. The number of rotatable bonds is 4. The Balaban J connectivity index is 1.73. The highest BCUT2D eigenvalue weighted by Gasteiger charge is 2.43. The number of benzene rings is 1. The van der Waals surface area contributed by atoms with E-state index in [0.717, 1.165) is 0 Å². The molecule has 0 radical (unpaired) electrons. The monoisotopic (exact) mass is 369 g/mol. The van der Waals surface area contributed by atoms with Crippen LogP contribution < -0.4 is 15.8 Å². The van der Waals surface area contributed by atoms with Gasteiger partial charge in [-0.15, -0.1) is 0 Å². The molecule has 0 unspecified atom stereocenters. The maximum Gasteiger partial charge on any atom is 0.326 e. The van der Waals surface area contributed by atoms with Gasteiger partial charge in [-0.1, -0.05) is 18.2 Å². The Morgan fingerprint density at radius 1 is 1.07 bits per heavy atom. The van der Waals surface area contributed by atoms with Crippen LogP contribution >= 0.6 is 0 Å². The van der Waals surface area contributed by atoms with Gasteiger partial charge in [-0.25, -0.2) is 0 Å². The molecule has 3 rings (SSSR count). The van der Waals surface area contributed by atoms with E-state index in [1.165, 1.54) is 21.7 Å². The van der Waals surface area contributed by atoms with Gasteiger partial charge in [-0.3, -0.25) is 24.1 Å². The minimum absolute atomic E-state index is 0.298. The first-order chi connectivity index (χ1) is 12.8. The molecule has 1 aliphatic rings. The Morgan fingerprint density at radius 2 is 1.78 bits per heavy atom. The van der Waals surface area contributed by atoms with Gasteiger partial charge < -0.3 is 14.6 Å². The number of fused-ring (bicyclic) bond motifs is 1. The van der Waals surface area contributed by atoms with Crippen LogP contribution in [0.5, 0.6) is 0 Å². The lowest BCUT2D eigenvalue weighted by Crippen LogP contribution is -2.59. The summed E-state index contributed by atoms with van der Waals surface area (Å²) < 4.78 is 6.22. The number of aromatic nitrogens is 1. The van der Waals surface area contributed by atoms with Crippen LogP contribution in [0, 0.1) is 0 Å². The number of ether oxygens (including phenoxy) is 1. The molecule has 8 heteroatoms.